The average molecular weight is 274 g/mol. The van der Waals surface area contributed by atoms with Crippen molar-refractivity contribution < 1.29 is 9.13 Å². The second-order valence-electron chi connectivity index (χ2n) is 4.89. The normalized spacial score (nSPS) is 22.1. The van der Waals surface area contributed by atoms with E-state index < -0.39 is 0 Å². The number of hydrogen-bond acceptors (Lipinski definition) is 3. The lowest BCUT2D eigenvalue weighted by Gasteiger charge is -2.06. The number of ether oxygens (including phenoxy) is 1. The van der Waals surface area contributed by atoms with E-state index in [2.05, 4.69) is 11.6 Å². The van der Waals surface area contributed by atoms with Crippen LogP contribution in [0.2, 0.25) is 0 Å². The predicted molar refractivity (Wildman–Crippen MR) is 80.3 cm³/mol. The first kappa shape index (κ1) is 14.5. The predicted octanol–water partition coefficient (Wildman–Crippen LogP) is 3.17. The Bertz CT molecular complexity index is 578. The van der Waals surface area contributed by atoms with Gasteiger partial charge >= 0.3 is 0 Å². The third-order valence-corrected chi connectivity index (χ3v) is 3.36. The van der Waals surface area contributed by atoms with Crippen molar-refractivity contribution in [3.8, 4) is 5.75 Å². The number of nitrogens with two attached hydrogens (primary N) is 1. The molecule has 106 valence electrons. The van der Waals surface area contributed by atoms with Crippen LogP contribution in [0.4, 0.5) is 4.39 Å². The number of hydrogen-bond donors (Lipinski definition) is 1. The maximum Gasteiger partial charge on any atom is 0.127 e. The highest BCUT2D eigenvalue weighted by Gasteiger charge is 2.34. The molecule has 2 atom stereocenters. The summed E-state index contributed by atoms with van der Waals surface area (Å²) < 4.78 is 18.6. The summed E-state index contributed by atoms with van der Waals surface area (Å²) in [5, 5.41) is 0. The molecule has 4 heteroatoms. The van der Waals surface area contributed by atoms with Crippen molar-refractivity contribution in [2.24, 2.45) is 16.6 Å². The molecule has 0 amide bonds. The fourth-order valence-electron chi connectivity index (χ4n) is 2.03. The van der Waals surface area contributed by atoms with Crippen LogP contribution in [-0.4, -0.2) is 19.4 Å². The Morgan fingerprint density at radius 1 is 1.50 bits per heavy atom. The van der Waals surface area contributed by atoms with E-state index in [-0.39, 0.29) is 11.9 Å². The molecule has 0 aromatic heterocycles. The van der Waals surface area contributed by atoms with Crippen LogP contribution in [0.3, 0.4) is 0 Å². The highest BCUT2D eigenvalue weighted by Crippen LogP contribution is 2.33. The molecule has 1 fully saturated rings. The Kier molecular flexibility index (Phi) is 4.35. The first-order chi connectivity index (χ1) is 9.55. The van der Waals surface area contributed by atoms with Gasteiger partial charge in [0.25, 0.3) is 0 Å². The van der Waals surface area contributed by atoms with Gasteiger partial charge in [-0.2, -0.15) is 0 Å². The number of halogens is 1. The molecule has 0 radical (unpaired) electrons. The largest absolute Gasteiger partial charge is 0.497 e. The van der Waals surface area contributed by atoms with Crippen molar-refractivity contribution in [3.63, 3.8) is 0 Å². The van der Waals surface area contributed by atoms with E-state index >= 15 is 0 Å². The first-order valence-electron chi connectivity index (χ1n) is 6.55. The molecule has 0 bridgehead atoms. The number of rotatable bonds is 5. The molecule has 1 aromatic rings. The van der Waals surface area contributed by atoms with Gasteiger partial charge in [0, 0.05) is 29.8 Å². The molecule has 0 heterocycles. The van der Waals surface area contributed by atoms with Crippen molar-refractivity contribution in [1.29, 1.82) is 0 Å². The second kappa shape index (κ2) is 6.01. The van der Waals surface area contributed by atoms with Crippen molar-refractivity contribution in [3.05, 3.63) is 47.8 Å². The van der Waals surface area contributed by atoms with Crippen LogP contribution in [0.5, 0.6) is 5.75 Å². The fraction of sp³-hybridized carbons (Fsp3) is 0.312. The minimum absolute atomic E-state index is 0.206. The van der Waals surface area contributed by atoms with Gasteiger partial charge in [0.1, 0.15) is 11.6 Å². The van der Waals surface area contributed by atoms with Gasteiger partial charge in [-0.05, 0) is 31.1 Å². The van der Waals surface area contributed by atoms with Crippen molar-refractivity contribution in [1.82, 2.24) is 0 Å². The van der Waals surface area contributed by atoms with Gasteiger partial charge in [-0.1, -0.05) is 12.7 Å². The molecule has 0 unspecified atom stereocenters. The molecule has 1 aliphatic carbocycles. The van der Waals surface area contributed by atoms with Crippen LogP contribution in [0.15, 0.2) is 41.4 Å². The summed E-state index contributed by atoms with van der Waals surface area (Å²) in [6, 6.07) is 4.72. The second-order valence-corrected chi connectivity index (χ2v) is 4.89. The van der Waals surface area contributed by atoms with Crippen LogP contribution in [-0.2, 0) is 0 Å². The van der Waals surface area contributed by atoms with E-state index in [1.54, 1.807) is 12.3 Å². The molecular formula is C16H19FN2O. The Labute approximate surface area is 118 Å². The zero-order valence-corrected chi connectivity index (χ0v) is 11.8. The van der Waals surface area contributed by atoms with Gasteiger partial charge < -0.3 is 10.5 Å². The lowest BCUT2D eigenvalue weighted by Crippen LogP contribution is -2.03. The minimum atomic E-state index is -0.350. The Balaban J connectivity index is 2.18. The minimum Gasteiger partial charge on any atom is -0.497 e. The summed E-state index contributed by atoms with van der Waals surface area (Å²) in [7, 11) is 1.51. The lowest BCUT2D eigenvalue weighted by molar-refractivity contribution is 0.411. The number of allylic oxidation sites excluding steroid dienone is 1. The lowest BCUT2D eigenvalue weighted by atomic mass is 10.1. The summed E-state index contributed by atoms with van der Waals surface area (Å²) in [4.78, 5) is 4.38. The quantitative estimate of drug-likeness (QED) is 0.838. The van der Waals surface area contributed by atoms with Gasteiger partial charge in [0.15, 0.2) is 0 Å². The molecule has 1 aliphatic rings. The molecule has 2 N–H and O–H groups in total. The highest BCUT2D eigenvalue weighted by molar-refractivity contribution is 5.85. The van der Waals surface area contributed by atoms with E-state index in [9.17, 15) is 4.39 Å². The molecule has 2 rings (SSSR count). The zero-order valence-electron chi connectivity index (χ0n) is 11.8. The van der Waals surface area contributed by atoms with Crippen molar-refractivity contribution in [2.45, 2.75) is 19.4 Å². The number of methoxy groups -OCH3 is 1. The number of benzene rings is 1. The summed E-state index contributed by atoms with van der Waals surface area (Å²) in [6.07, 6.45) is 4.50. The molecule has 0 saturated heterocycles. The average Bonchev–Trinajstić information content (AvgIpc) is 3.15. The van der Waals surface area contributed by atoms with E-state index in [1.807, 2.05) is 13.0 Å². The van der Waals surface area contributed by atoms with E-state index in [1.165, 1.54) is 19.2 Å². The summed E-state index contributed by atoms with van der Waals surface area (Å²) in [5.74, 6) is 0.452. The number of nitrogens with zero attached hydrogens (tertiary/aromatic N) is 1. The molecule has 1 aromatic carbocycles. The maximum atomic E-state index is 13.5. The Morgan fingerprint density at radius 3 is 2.75 bits per heavy atom. The van der Waals surface area contributed by atoms with E-state index in [0.29, 0.717) is 22.9 Å². The SMILES string of the molecule is C=C(C=N/C(=C\C)c1cc(F)cc(OC)c1)[C@H]1C[C@@H]1N. The standard InChI is InChI=1S/C16H19FN2O/c1-4-16(19-9-10(2)14-8-15(14)18)11-5-12(17)7-13(6-11)20-3/h4-7,9,14-15H,2,8,18H2,1,3H3/b16-4-,19-9?/t14-,15+/m1/s1. The third-order valence-electron chi connectivity index (χ3n) is 3.36. The zero-order chi connectivity index (χ0) is 14.7. The van der Waals surface area contributed by atoms with Crippen molar-refractivity contribution in [2.75, 3.05) is 7.11 Å². The van der Waals surface area contributed by atoms with Gasteiger partial charge in [0.05, 0.1) is 12.8 Å². The summed E-state index contributed by atoms with van der Waals surface area (Å²) in [5.41, 5.74) is 8.04. The van der Waals surface area contributed by atoms with Gasteiger partial charge in [0.2, 0.25) is 0 Å². The van der Waals surface area contributed by atoms with Crippen LogP contribution >= 0.6 is 0 Å². The van der Waals surface area contributed by atoms with Gasteiger partial charge in [-0.25, -0.2) is 4.39 Å². The smallest absolute Gasteiger partial charge is 0.127 e. The molecular weight excluding hydrogens is 255 g/mol. The van der Waals surface area contributed by atoms with E-state index in [0.717, 1.165) is 12.0 Å². The molecule has 0 spiro atoms. The molecule has 1 saturated carbocycles. The van der Waals surface area contributed by atoms with Crippen LogP contribution < -0.4 is 10.5 Å². The summed E-state index contributed by atoms with van der Waals surface area (Å²) >= 11 is 0. The van der Waals surface area contributed by atoms with Gasteiger partial charge in [-0.15, -0.1) is 0 Å². The topological polar surface area (TPSA) is 47.6 Å². The monoisotopic (exact) mass is 274 g/mol. The molecule has 0 aliphatic heterocycles. The van der Waals surface area contributed by atoms with Crippen LogP contribution in [0.1, 0.15) is 18.9 Å². The maximum absolute atomic E-state index is 13.5. The first-order valence-corrected chi connectivity index (χ1v) is 6.55. The number of aliphatic imine (C=N–C) groups is 1. The third kappa shape index (κ3) is 3.33. The van der Waals surface area contributed by atoms with Crippen molar-refractivity contribution >= 4 is 11.9 Å². The molecule has 20 heavy (non-hydrogen) atoms. The molecule has 3 nitrogen and oxygen atoms in total. The fourth-order valence-corrected chi connectivity index (χ4v) is 2.03. The van der Waals surface area contributed by atoms with Gasteiger partial charge in [-0.3, -0.25) is 4.99 Å². The van der Waals surface area contributed by atoms with Crippen LogP contribution in [0, 0.1) is 11.7 Å². The van der Waals surface area contributed by atoms with E-state index in [4.69, 9.17) is 10.5 Å². The Morgan fingerprint density at radius 2 is 2.20 bits per heavy atom. The van der Waals surface area contributed by atoms with Crippen LogP contribution in [0.25, 0.3) is 5.70 Å². The summed E-state index contributed by atoms with van der Waals surface area (Å²) in [6.45, 7) is 5.82. The Hall–Kier alpha value is -1.94. The highest BCUT2D eigenvalue weighted by atomic mass is 19.1.